The van der Waals surface area contributed by atoms with Crippen molar-refractivity contribution >= 4 is 34.2 Å². The third kappa shape index (κ3) is 3.96. The quantitative estimate of drug-likeness (QED) is 0.661. The van der Waals surface area contributed by atoms with Gasteiger partial charge in [0.25, 0.3) is 5.91 Å². The van der Waals surface area contributed by atoms with Crippen LogP contribution >= 0.6 is 22.6 Å². The minimum Gasteiger partial charge on any atom is -0.370 e. The Bertz CT molecular complexity index is 811. The van der Waals surface area contributed by atoms with Crippen molar-refractivity contribution in [3.8, 4) is 6.07 Å². The van der Waals surface area contributed by atoms with Gasteiger partial charge >= 0.3 is 0 Å². The van der Waals surface area contributed by atoms with Gasteiger partial charge in [-0.1, -0.05) is 12.1 Å². The summed E-state index contributed by atoms with van der Waals surface area (Å²) in [6.07, 6.45) is 0.939. The molecule has 2 aromatic rings. The van der Waals surface area contributed by atoms with Gasteiger partial charge < -0.3 is 9.80 Å². The van der Waals surface area contributed by atoms with Crippen LogP contribution in [0.4, 0.5) is 5.69 Å². The maximum atomic E-state index is 12.9. The highest BCUT2D eigenvalue weighted by Crippen LogP contribution is 2.21. The average Bonchev–Trinajstić information content (AvgIpc) is 2.90. The number of hydrogen-bond donors (Lipinski definition) is 0. The van der Waals surface area contributed by atoms with Crippen LogP contribution in [0.3, 0.4) is 0 Å². The van der Waals surface area contributed by atoms with Gasteiger partial charge in [-0.2, -0.15) is 5.26 Å². The van der Waals surface area contributed by atoms with E-state index in [1.165, 1.54) is 0 Å². The molecular weight excluding hydrogens is 425 g/mol. The van der Waals surface area contributed by atoms with Crippen LogP contribution in [0.15, 0.2) is 42.5 Å². The first-order valence-electron chi connectivity index (χ1n) is 8.39. The lowest BCUT2D eigenvalue weighted by Gasteiger charge is -2.24. The number of aryl methyl sites for hydroxylation is 1. The average molecular weight is 445 g/mol. The van der Waals surface area contributed by atoms with Crippen LogP contribution in [0.2, 0.25) is 0 Å². The van der Waals surface area contributed by atoms with Crippen LogP contribution in [0.1, 0.15) is 27.9 Å². The number of amides is 1. The summed E-state index contributed by atoms with van der Waals surface area (Å²) >= 11 is 2.26. The summed E-state index contributed by atoms with van der Waals surface area (Å²) in [6, 6.07) is 15.7. The molecule has 3 rings (SSSR count). The molecule has 0 N–H and O–H groups in total. The van der Waals surface area contributed by atoms with Crippen LogP contribution in [-0.4, -0.2) is 37.0 Å². The predicted octanol–water partition coefficient (Wildman–Crippen LogP) is 3.82. The van der Waals surface area contributed by atoms with Crippen molar-refractivity contribution < 1.29 is 4.79 Å². The molecule has 4 nitrogen and oxygen atoms in total. The molecule has 0 spiro atoms. The first-order valence-corrected chi connectivity index (χ1v) is 9.47. The van der Waals surface area contributed by atoms with Gasteiger partial charge in [-0.25, -0.2) is 0 Å². The molecule has 0 unspecified atom stereocenters. The minimum atomic E-state index is 0.120. The molecule has 1 aliphatic rings. The van der Waals surface area contributed by atoms with Crippen LogP contribution < -0.4 is 4.90 Å². The van der Waals surface area contributed by atoms with Gasteiger partial charge in [0.1, 0.15) is 0 Å². The fourth-order valence-electron chi connectivity index (χ4n) is 3.11. The topological polar surface area (TPSA) is 47.3 Å². The van der Waals surface area contributed by atoms with Gasteiger partial charge in [-0.05, 0) is 71.8 Å². The zero-order chi connectivity index (χ0) is 17.8. The maximum absolute atomic E-state index is 12.9. The number of anilines is 1. The SMILES string of the molecule is Cc1cccc(C(=O)N2CCCN(c3ccc(C#N)cc3)CC2)c1I. The number of benzene rings is 2. The smallest absolute Gasteiger partial charge is 0.254 e. The maximum Gasteiger partial charge on any atom is 0.254 e. The first-order chi connectivity index (χ1) is 12.1. The van der Waals surface area contributed by atoms with Crippen LogP contribution in [0.5, 0.6) is 0 Å². The molecular formula is C20H20IN3O. The lowest BCUT2D eigenvalue weighted by molar-refractivity contribution is 0.0766. The van der Waals surface area contributed by atoms with E-state index in [0.717, 1.165) is 46.4 Å². The van der Waals surface area contributed by atoms with Crippen molar-refractivity contribution in [1.82, 2.24) is 4.90 Å². The molecule has 0 saturated carbocycles. The van der Waals surface area contributed by atoms with Gasteiger partial charge in [-0.15, -0.1) is 0 Å². The van der Waals surface area contributed by atoms with Gasteiger partial charge in [0.05, 0.1) is 17.2 Å². The molecule has 1 fully saturated rings. The van der Waals surface area contributed by atoms with Crippen molar-refractivity contribution in [2.75, 3.05) is 31.1 Å². The van der Waals surface area contributed by atoms with E-state index in [1.807, 2.05) is 54.3 Å². The molecule has 0 atom stereocenters. The van der Waals surface area contributed by atoms with Gasteiger partial charge in [-0.3, -0.25) is 4.79 Å². The van der Waals surface area contributed by atoms with E-state index >= 15 is 0 Å². The van der Waals surface area contributed by atoms with Crippen LogP contribution in [0, 0.1) is 21.8 Å². The molecule has 1 saturated heterocycles. The van der Waals surface area contributed by atoms with Crippen molar-refractivity contribution in [1.29, 1.82) is 5.26 Å². The van der Waals surface area contributed by atoms with E-state index < -0.39 is 0 Å². The van der Waals surface area contributed by atoms with Gasteiger partial charge in [0.15, 0.2) is 0 Å². The Morgan fingerprint density at radius 1 is 1.08 bits per heavy atom. The third-order valence-corrected chi connectivity index (χ3v) is 6.00. The highest BCUT2D eigenvalue weighted by Gasteiger charge is 2.22. The Kier molecular flexibility index (Phi) is 5.59. The number of halogens is 1. The van der Waals surface area contributed by atoms with Crippen molar-refractivity contribution in [2.45, 2.75) is 13.3 Å². The largest absolute Gasteiger partial charge is 0.370 e. The Balaban J connectivity index is 1.71. The first kappa shape index (κ1) is 17.7. The van der Waals surface area contributed by atoms with E-state index in [4.69, 9.17) is 5.26 Å². The summed E-state index contributed by atoms with van der Waals surface area (Å²) in [4.78, 5) is 17.2. The fraction of sp³-hybridized carbons (Fsp3) is 0.300. The third-order valence-electron chi connectivity index (χ3n) is 4.57. The molecule has 0 aliphatic carbocycles. The molecule has 25 heavy (non-hydrogen) atoms. The Labute approximate surface area is 162 Å². The number of carbonyl (C=O) groups excluding carboxylic acids is 1. The van der Waals surface area contributed by atoms with E-state index in [-0.39, 0.29) is 5.91 Å². The van der Waals surface area contributed by atoms with Crippen LogP contribution in [0.25, 0.3) is 0 Å². The summed E-state index contributed by atoms with van der Waals surface area (Å²) in [5.41, 5.74) is 3.72. The minimum absolute atomic E-state index is 0.120. The monoisotopic (exact) mass is 445 g/mol. The summed E-state index contributed by atoms with van der Waals surface area (Å²) in [5, 5.41) is 8.92. The lowest BCUT2D eigenvalue weighted by Crippen LogP contribution is -2.35. The molecule has 0 bridgehead atoms. The molecule has 2 aromatic carbocycles. The number of carbonyl (C=O) groups is 1. The molecule has 1 amide bonds. The summed E-state index contributed by atoms with van der Waals surface area (Å²) in [5.74, 6) is 0.120. The normalized spacial score (nSPS) is 14.8. The van der Waals surface area contributed by atoms with Gasteiger partial charge in [0, 0.05) is 35.4 Å². The number of nitriles is 1. The molecule has 1 aliphatic heterocycles. The van der Waals surface area contributed by atoms with E-state index in [1.54, 1.807) is 0 Å². The lowest BCUT2D eigenvalue weighted by atomic mass is 10.1. The van der Waals surface area contributed by atoms with E-state index in [2.05, 4.69) is 33.6 Å². The number of nitrogens with zero attached hydrogens (tertiary/aromatic N) is 3. The number of rotatable bonds is 2. The molecule has 0 aromatic heterocycles. The van der Waals surface area contributed by atoms with Crippen molar-refractivity contribution in [3.63, 3.8) is 0 Å². The predicted molar refractivity (Wildman–Crippen MR) is 108 cm³/mol. The molecule has 128 valence electrons. The second kappa shape index (κ2) is 7.87. The zero-order valence-electron chi connectivity index (χ0n) is 14.2. The summed E-state index contributed by atoms with van der Waals surface area (Å²) < 4.78 is 1.04. The molecule has 0 radical (unpaired) electrons. The second-order valence-corrected chi connectivity index (χ2v) is 7.31. The molecule has 5 heteroatoms. The van der Waals surface area contributed by atoms with E-state index in [9.17, 15) is 4.79 Å². The Hall–Kier alpha value is -2.07. The van der Waals surface area contributed by atoms with E-state index in [0.29, 0.717) is 12.1 Å². The highest BCUT2D eigenvalue weighted by atomic mass is 127. The van der Waals surface area contributed by atoms with Crippen molar-refractivity contribution in [2.24, 2.45) is 0 Å². The van der Waals surface area contributed by atoms with Crippen molar-refractivity contribution in [3.05, 3.63) is 62.7 Å². The Morgan fingerprint density at radius 2 is 1.84 bits per heavy atom. The highest BCUT2D eigenvalue weighted by molar-refractivity contribution is 14.1. The number of hydrogen-bond acceptors (Lipinski definition) is 3. The standard InChI is InChI=1S/C20H20IN3O/c1-15-4-2-5-18(19(15)21)20(25)24-11-3-10-23(12-13-24)17-8-6-16(14-22)7-9-17/h2,4-9H,3,10-13H2,1H3. The van der Waals surface area contributed by atoms with Gasteiger partial charge in [0.2, 0.25) is 0 Å². The molecule has 1 heterocycles. The summed E-state index contributed by atoms with van der Waals surface area (Å²) in [6.45, 7) is 5.24. The second-order valence-electron chi connectivity index (χ2n) is 6.23. The zero-order valence-corrected chi connectivity index (χ0v) is 16.4. The Morgan fingerprint density at radius 3 is 2.56 bits per heavy atom. The fourth-order valence-corrected chi connectivity index (χ4v) is 3.70. The van der Waals surface area contributed by atoms with Crippen LogP contribution in [-0.2, 0) is 0 Å². The summed E-state index contributed by atoms with van der Waals surface area (Å²) in [7, 11) is 0.